The molecule has 0 aromatic rings. The molecule has 2 N–H and O–H groups in total. The molecular formula is C10H16N2O2. The molecule has 1 rings (SSSR count). The average molecular weight is 196 g/mol. The fraction of sp³-hybridized carbons (Fsp3) is 0.800. The van der Waals surface area contributed by atoms with Gasteiger partial charge < -0.3 is 10.4 Å². The molecule has 0 aliphatic heterocycles. The maximum Gasteiger partial charge on any atom is 0.240 e. The van der Waals surface area contributed by atoms with E-state index in [2.05, 4.69) is 5.32 Å². The van der Waals surface area contributed by atoms with Crippen molar-refractivity contribution in [2.75, 3.05) is 6.54 Å². The highest BCUT2D eigenvalue weighted by Gasteiger charge is 2.50. The van der Waals surface area contributed by atoms with Crippen LogP contribution in [0.1, 0.15) is 32.6 Å². The lowest BCUT2D eigenvalue weighted by molar-refractivity contribution is -0.124. The molecule has 0 bridgehead atoms. The van der Waals surface area contributed by atoms with Crippen molar-refractivity contribution < 1.29 is 9.90 Å². The van der Waals surface area contributed by atoms with Crippen LogP contribution in [0.15, 0.2) is 0 Å². The third-order valence-corrected chi connectivity index (χ3v) is 2.63. The SMILES string of the molecule is CCC(O)CCNC(=O)C1(C#N)CC1. The number of carbonyl (C=O) groups excluding carboxylic acids is 1. The van der Waals surface area contributed by atoms with Gasteiger partial charge in [-0.3, -0.25) is 4.79 Å². The molecule has 78 valence electrons. The quantitative estimate of drug-likeness (QED) is 0.675. The minimum atomic E-state index is -0.739. The molecule has 4 nitrogen and oxygen atoms in total. The first-order valence-corrected chi connectivity index (χ1v) is 5.02. The second-order valence-electron chi connectivity index (χ2n) is 3.80. The molecule has 0 aromatic carbocycles. The number of hydrogen-bond acceptors (Lipinski definition) is 3. The predicted octanol–water partition coefficient (Wildman–Crippen LogP) is 0.567. The van der Waals surface area contributed by atoms with E-state index in [0.717, 1.165) is 0 Å². The number of hydrogen-bond donors (Lipinski definition) is 2. The van der Waals surface area contributed by atoms with Gasteiger partial charge in [0.05, 0.1) is 12.2 Å². The zero-order valence-electron chi connectivity index (χ0n) is 8.42. The fourth-order valence-corrected chi connectivity index (χ4v) is 1.24. The topological polar surface area (TPSA) is 73.1 Å². The van der Waals surface area contributed by atoms with Crippen molar-refractivity contribution in [1.82, 2.24) is 5.32 Å². The van der Waals surface area contributed by atoms with Gasteiger partial charge in [-0.15, -0.1) is 0 Å². The molecule has 1 amide bonds. The Balaban J connectivity index is 2.20. The van der Waals surface area contributed by atoms with E-state index in [1.807, 2.05) is 13.0 Å². The molecule has 0 aromatic heterocycles. The Morgan fingerprint density at radius 2 is 2.36 bits per heavy atom. The second-order valence-corrected chi connectivity index (χ2v) is 3.80. The highest BCUT2D eigenvalue weighted by atomic mass is 16.3. The Labute approximate surface area is 83.9 Å². The Kier molecular flexibility index (Phi) is 3.48. The van der Waals surface area contributed by atoms with E-state index in [1.165, 1.54) is 0 Å². The van der Waals surface area contributed by atoms with Gasteiger partial charge in [-0.25, -0.2) is 0 Å². The van der Waals surface area contributed by atoms with Gasteiger partial charge in [0, 0.05) is 6.54 Å². The van der Waals surface area contributed by atoms with E-state index in [4.69, 9.17) is 5.26 Å². The van der Waals surface area contributed by atoms with Gasteiger partial charge in [0.25, 0.3) is 0 Å². The standard InChI is InChI=1S/C10H16N2O2/c1-2-8(13)3-6-12-9(14)10(7-11)4-5-10/h8,13H,2-6H2,1H3,(H,12,14). The summed E-state index contributed by atoms with van der Waals surface area (Å²) in [5, 5.41) is 20.6. The molecular weight excluding hydrogens is 180 g/mol. The third-order valence-electron chi connectivity index (χ3n) is 2.63. The zero-order chi connectivity index (χ0) is 10.6. The van der Waals surface area contributed by atoms with Crippen LogP contribution in [0.25, 0.3) is 0 Å². The predicted molar refractivity (Wildman–Crippen MR) is 51.2 cm³/mol. The molecule has 1 aliphatic carbocycles. The Morgan fingerprint density at radius 1 is 1.71 bits per heavy atom. The smallest absolute Gasteiger partial charge is 0.240 e. The summed E-state index contributed by atoms with van der Waals surface area (Å²) in [4.78, 5) is 11.4. The van der Waals surface area contributed by atoms with Crippen molar-refractivity contribution in [1.29, 1.82) is 5.26 Å². The van der Waals surface area contributed by atoms with Crippen molar-refractivity contribution in [3.8, 4) is 6.07 Å². The molecule has 1 fully saturated rings. The summed E-state index contributed by atoms with van der Waals surface area (Å²) in [5.41, 5.74) is -0.739. The van der Waals surface area contributed by atoms with Crippen LogP contribution in [0, 0.1) is 16.7 Å². The van der Waals surface area contributed by atoms with Crippen molar-refractivity contribution in [2.45, 2.75) is 38.7 Å². The number of nitrogens with one attached hydrogen (secondary N) is 1. The summed E-state index contributed by atoms with van der Waals surface area (Å²) < 4.78 is 0. The highest BCUT2D eigenvalue weighted by Crippen LogP contribution is 2.44. The first kappa shape index (κ1) is 11.0. The molecule has 14 heavy (non-hydrogen) atoms. The van der Waals surface area contributed by atoms with Gasteiger partial charge in [0.2, 0.25) is 5.91 Å². The number of carbonyl (C=O) groups is 1. The number of amides is 1. The van der Waals surface area contributed by atoms with E-state index in [9.17, 15) is 9.90 Å². The highest BCUT2D eigenvalue weighted by molar-refractivity contribution is 5.88. The molecule has 1 unspecified atom stereocenters. The maximum absolute atomic E-state index is 11.4. The van der Waals surface area contributed by atoms with Crippen molar-refractivity contribution in [3.63, 3.8) is 0 Å². The van der Waals surface area contributed by atoms with Gasteiger partial charge in [-0.1, -0.05) is 6.92 Å². The lowest BCUT2D eigenvalue weighted by Gasteiger charge is -2.10. The minimum absolute atomic E-state index is 0.177. The second kappa shape index (κ2) is 4.43. The Morgan fingerprint density at radius 3 is 2.79 bits per heavy atom. The molecule has 1 atom stereocenters. The van der Waals surface area contributed by atoms with Gasteiger partial charge in [-0.05, 0) is 25.7 Å². The molecule has 0 spiro atoms. The largest absolute Gasteiger partial charge is 0.393 e. The van der Waals surface area contributed by atoms with Crippen LogP contribution in [0.3, 0.4) is 0 Å². The number of aliphatic hydroxyl groups is 1. The number of nitrogens with zero attached hydrogens (tertiary/aromatic N) is 1. The number of aliphatic hydroxyl groups excluding tert-OH is 1. The average Bonchev–Trinajstić information content (AvgIpc) is 2.98. The Bertz CT molecular complexity index is 253. The van der Waals surface area contributed by atoms with E-state index in [-0.39, 0.29) is 12.0 Å². The minimum Gasteiger partial charge on any atom is -0.393 e. The normalized spacial score (nSPS) is 19.5. The fourth-order valence-electron chi connectivity index (χ4n) is 1.24. The monoisotopic (exact) mass is 196 g/mol. The van der Waals surface area contributed by atoms with E-state index in [0.29, 0.717) is 32.2 Å². The van der Waals surface area contributed by atoms with Crippen LogP contribution < -0.4 is 5.32 Å². The van der Waals surface area contributed by atoms with Crippen LogP contribution >= 0.6 is 0 Å². The first-order valence-electron chi connectivity index (χ1n) is 5.02. The number of nitriles is 1. The van der Waals surface area contributed by atoms with Crippen LogP contribution in [-0.2, 0) is 4.79 Å². The summed E-state index contributed by atoms with van der Waals surface area (Å²) in [6.45, 7) is 2.35. The van der Waals surface area contributed by atoms with E-state index in [1.54, 1.807) is 0 Å². The van der Waals surface area contributed by atoms with Crippen LogP contribution in [0.2, 0.25) is 0 Å². The summed E-state index contributed by atoms with van der Waals surface area (Å²) in [7, 11) is 0. The lowest BCUT2D eigenvalue weighted by atomic mass is 10.1. The number of rotatable bonds is 5. The molecule has 1 aliphatic rings. The molecule has 0 heterocycles. The van der Waals surface area contributed by atoms with Crippen LogP contribution in [0.4, 0.5) is 0 Å². The molecule has 0 radical (unpaired) electrons. The van der Waals surface area contributed by atoms with Gasteiger partial charge >= 0.3 is 0 Å². The van der Waals surface area contributed by atoms with Crippen molar-refractivity contribution in [2.24, 2.45) is 5.41 Å². The van der Waals surface area contributed by atoms with E-state index < -0.39 is 5.41 Å². The maximum atomic E-state index is 11.4. The van der Waals surface area contributed by atoms with Gasteiger partial charge in [0.15, 0.2) is 0 Å². The van der Waals surface area contributed by atoms with Crippen LogP contribution in [0.5, 0.6) is 0 Å². The summed E-state index contributed by atoms with van der Waals surface area (Å²) in [6, 6.07) is 2.03. The van der Waals surface area contributed by atoms with Gasteiger partial charge in [0.1, 0.15) is 5.41 Å². The first-order chi connectivity index (χ1) is 6.64. The van der Waals surface area contributed by atoms with E-state index >= 15 is 0 Å². The molecule has 4 heteroatoms. The van der Waals surface area contributed by atoms with Crippen molar-refractivity contribution in [3.05, 3.63) is 0 Å². The Hall–Kier alpha value is -1.08. The van der Waals surface area contributed by atoms with Crippen LogP contribution in [-0.4, -0.2) is 23.7 Å². The lowest BCUT2D eigenvalue weighted by Crippen LogP contribution is -2.33. The molecule has 0 saturated heterocycles. The summed E-state index contributed by atoms with van der Waals surface area (Å²) >= 11 is 0. The molecule has 1 saturated carbocycles. The summed E-state index contributed by atoms with van der Waals surface area (Å²) in [5.74, 6) is -0.177. The zero-order valence-corrected chi connectivity index (χ0v) is 8.42. The summed E-state index contributed by atoms with van der Waals surface area (Å²) in [6.07, 6.45) is 2.24. The third kappa shape index (κ3) is 2.46. The van der Waals surface area contributed by atoms with Gasteiger partial charge in [-0.2, -0.15) is 5.26 Å². The van der Waals surface area contributed by atoms with Crippen molar-refractivity contribution >= 4 is 5.91 Å².